The predicted molar refractivity (Wildman–Crippen MR) is 158 cm³/mol. The molecule has 5 rings (SSSR count). The molecule has 0 spiro atoms. The number of carbonyl (C=O) groups excluding carboxylic acids is 1. The Balaban J connectivity index is 1.00. The van der Waals surface area contributed by atoms with Gasteiger partial charge in [-0.05, 0) is 95.9 Å². The molecule has 218 valence electrons. The van der Waals surface area contributed by atoms with E-state index in [-0.39, 0.29) is 12.1 Å². The molecule has 3 N–H and O–H groups in total. The van der Waals surface area contributed by atoms with E-state index >= 15 is 0 Å². The molecule has 2 aromatic heterocycles. The van der Waals surface area contributed by atoms with Crippen LogP contribution in [0.15, 0.2) is 24.5 Å². The highest BCUT2D eigenvalue weighted by Crippen LogP contribution is 2.37. The van der Waals surface area contributed by atoms with Gasteiger partial charge in [0, 0.05) is 36.4 Å². The molecule has 2 fully saturated rings. The lowest BCUT2D eigenvalue weighted by Crippen LogP contribution is -2.38. The van der Waals surface area contributed by atoms with Crippen molar-refractivity contribution in [3.8, 4) is 11.3 Å². The van der Waals surface area contributed by atoms with Crippen LogP contribution >= 0.6 is 11.6 Å². The van der Waals surface area contributed by atoms with Crippen molar-refractivity contribution in [2.45, 2.75) is 102 Å². The Morgan fingerprint density at radius 1 is 1.02 bits per heavy atom. The topological polar surface area (TPSA) is 106 Å². The summed E-state index contributed by atoms with van der Waals surface area (Å²) < 4.78 is 7.37. The minimum Gasteiger partial charge on any atom is -0.450 e. The molecular weight excluding hydrogens is 526 g/mol. The van der Waals surface area contributed by atoms with Crippen molar-refractivity contribution >= 4 is 23.6 Å². The van der Waals surface area contributed by atoms with Crippen LogP contribution in [0.1, 0.15) is 82.7 Å². The second kappa shape index (κ2) is 14.3. The maximum Gasteiger partial charge on any atom is 0.407 e. The number of halogens is 1. The van der Waals surface area contributed by atoms with Crippen LogP contribution in [0.3, 0.4) is 0 Å². The Morgan fingerprint density at radius 2 is 1.82 bits per heavy atom. The number of aryl methyl sites for hydroxylation is 1. The van der Waals surface area contributed by atoms with Crippen molar-refractivity contribution < 1.29 is 9.53 Å². The summed E-state index contributed by atoms with van der Waals surface area (Å²) >= 11 is 6.54. The van der Waals surface area contributed by atoms with Gasteiger partial charge in [-0.25, -0.2) is 14.8 Å². The number of alkyl carbamates (subject to hydrolysis) is 1. The van der Waals surface area contributed by atoms with Crippen molar-refractivity contribution in [1.29, 1.82) is 0 Å². The summed E-state index contributed by atoms with van der Waals surface area (Å²) in [5.41, 5.74) is 2.96. The summed E-state index contributed by atoms with van der Waals surface area (Å²) in [6.45, 7) is 1.29. The van der Waals surface area contributed by atoms with Crippen LogP contribution in [0.2, 0.25) is 5.02 Å². The van der Waals surface area contributed by atoms with Gasteiger partial charge in [0.25, 0.3) is 0 Å². The van der Waals surface area contributed by atoms with Gasteiger partial charge >= 0.3 is 6.09 Å². The number of carbonyl (C=O) groups is 1. The number of hydrogen-bond acceptors (Lipinski definition) is 7. The number of rotatable bonds is 11. The molecule has 3 aliphatic rings. The molecular formula is C30H44ClN7O2. The normalized spacial score (nSPS) is 24.1. The molecule has 2 saturated carbocycles. The van der Waals surface area contributed by atoms with Gasteiger partial charge in [-0.2, -0.15) is 5.10 Å². The number of anilines is 1. The van der Waals surface area contributed by atoms with E-state index in [9.17, 15) is 4.79 Å². The van der Waals surface area contributed by atoms with Crippen LogP contribution in [0.25, 0.3) is 11.3 Å². The zero-order chi connectivity index (χ0) is 27.7. The van der Waals surface area contributed by atoms with Crippen molar-refractivity contribution in [3.05, 3.63) is 35.3 Å². The lowest BCUT2D eigenvalue weighted by molar-refractivity contribution is 0.139. The predicted octanol–water partition coefficient (Wildman–Crippen LogP) is 5.80. The van der Waals surface area contributed by atoms with E-state index < -0.39 is 0 Å². The molecule has 2 heterocycles. The van der Waals surface area contributed by atoms with Crippen LogP contribution in [-0.4, -0.2) is 57.1 Å². The molecule has 0 radical (unpaired) electrons. The number of ether oxygens (including phenoxy) is 1. The summed E-state index contributed by atoms with van der Waals surface area (Å²) in [4.78, 5) is 21.4. The fraction of sp³-hybridized carbons (Fsp3) is 0.667. The van der Waals surface area contributed by atoms with E-state index in [1.807, 2.05) is 17.9 Å². The first-order valence-electron chi connectivity index (χ1n) is 15.2. The minimum absolute atomic E-state index is 0.226. The van der Waals surface area contributed by atoms with E-state index in [4.69, 9.17) is 21.3 Å². The Hall–Kier alpha value is -2.65. The molecule has 1 atom stereocenters. The largest absolute Gasteiger partial charge is 0.450 e. The average molecular weight is 570 g/mol. The summed E-state index contributed by atoms with van der Waals surface area (Å²) in [6.07, 6.45) is 21.7. The SMILES string of the molecule is Cn1ncc(-c2nc(NC3CCC(NCCCOC(=O)NC4CC/C=C/CCC4)CC3)ncc2Cl)c1CC1CC1. The minimum atomic E-state index is -0.281. The molecule has 0 aromatic carbocycles. The Morgan fingerprint density at radius 3 is 2.65 bits per heavy atom. The maximum absolute atomic E-state index is 12.1. The first-order valence-corrected chi connectivity index (χ1v) is 15.5. The number of nitrogens with one attached hydrogen (secondary N) is 3. The fourth-order valence-electron chi connectivity index (χ4n) is 5.80. The average Bonchev–Trinajstić information content (AvgIpc) is 3.69. The van der Waals surface area contributed by atoms with E-state index in [1.54, 1.807) is 6.20 Å². The van der Waals surface area contributed by atoms with Crippen LogP contribution in [-0.2, 0) is 18.2 Å². The molecule has 2 aromatic rings. The Labute approximate surface area is 242 Å². The molecule has 10 heteroatoms. The van der Waals surface area contributed by atoms with E-state index in [2.05, 4.69) is 38.2 Å². The smallest absolute Gasteiger partial charge is 0.407 e. The molecule has 40 heavy (non-hydrogen) atoms. The van der Waals surface area contributed by atoms with Gasteiger partial charge in [0.1, 0.15) is 0 Å². The summed E-state index contributed by atoms with van der Waals surface area (Å²) in [5, 5.41) is 15.3. The van der Waals surface area contributed by atoms with Gasteiger partial charge in [-0.15, -0.1) is 0 Å². The summed E-state index contributed by atoms with van der Waals surface area (Å²) in [7, 11) is 1.99. The summed E-state index contributed by atoms with van der Waals surface area (Å²) in [5.74, 6) is 1.38. The molecule has 0 saturated heterocycles. The zero-order valence-corrected chi connectivity index (χ0v) is 24.5. The van der Waals surface area contributed by atoms with Crippen molar-refractivity contribution in [2.75, 3.05) is 18.5 Å². The number of allylic oxidation sites excluding steroid dienone is 2. The van der Waals surface area contributed by atoms with E-state index in [1.165, 1.54) is 18.5 Å². The molecule has 1 unspecified atom stereocenters. The number of hydrogen-bond donors (Lipinski definition) is 3. The van der Waals surface area contributed by atoms with E-state index in [0.29, 0.717) is 29.7 Å². The van der Waals surface area contributed by atoms with Gasteiger partial charge in [0.15, 0.2) is 0 Å². The zero-order valence-electron chi connectivity index (χ0n) is 23.7. The second-order valence-electron chi connectivity index (χ2n) is 11.6. The third kappa shape index (κ3) is 8.43. The van der Waals surface area contributed by atoms with Gasteiger partial charge < -0.3 is 20.7 Å². The quantitative estimate of drug-likeness (QED) is 0.232. The summed E-state index contributed by atoms with van der Waals surface area (Å²) in [6, 6.07) is 1.05. The number of nitrogens with zero attached hydrogens (tertiary/aromatic N) is 4. The molecule has 9 nitrogen and oxygen atoms in total. The molecule has 1 amide bonds. The lowest BCUT2D eigenvalue weighted by atomic mass is 9.91. The lowest BCUT2D eigenvalue weighted by Gasteiger charge is -2.30. The van der Waals surface area contributed by atoms with E-state index in [0.717, 1.165) is 94.3 Å². The van der Waals surface area contributed by atoms with Crippen LogP contribution in [0.5, 0.6) is 0 Å². The van der Waals surface area contributed by atoms with Crippen LogP contribution < -0.4 is 16.0 Å². The molecule has 3 aliphatic carbocycles. The van der Waals surface area contributed by atoms with Gasteiger partial charge in [0.2, 0.25) is 5.95 Å². The first kappa shape index (κ1) is 28.9. The van der Waals surface area contributed by atoms with Crippen LogP contribution in [0.4, 0.5) is 10.7 Å². The van der Waals surface area contributed by atoms with Crippen molar-refractivity contribution in [2.24, 2.45) is 13.0 Å². The first-order chi connectivity index (χ1) is 19.5. The highest BCUT2D eigenvalue weighted by molar-refractivity contribution is 6.32. The highest BCUT2D eigenvalue weighted by Gasteiger charge is 2.27. The second-order valence-corrected chi connectivity index (χ2v) is 12.0. The van der Waals surface area contributed by atoms with Crippen molar-refractivity contribution in [1.82, 2.24) is 30.4 Å². The Bertz CT molecular complexity index is 1140. The number of aromatic nitrogens is 4. The Kier molecular flexibility index (Phi) is 10.3. The standard InChI is InChI=1S/C30H44ClN7O2/c1-38-27(18-21-10-11-21)25(19-34-38)28-26(31)20-33-29(37-28)35-24-14-12-22(13-15-24)32-16-7-17-40-30(39)36-23-8-5-3-2-4-6-9-23/h2-3,19-24,32H,4-18H2,1H3,(H,36,39)(H,33,35,37)/b3-2+. The molecule has 0 aliphatic heterocycles. The third-order valence-corrected chi connectivity index (χ3v) is 8.66. The fourth-order valence-corrected chi connectivity index (χ4v) is 6.00. The maximum atomic E-state index is 12.1. The van der Waals surface area contributed by atoms with Gasteiger partial charge in [0.05, 0.1) is 29.7 Å². The highest BCUT2D eigenvalue weighted by atomic mass is 35.5. The third-order valence-electron chi connectivity index (χ3n) is 8.38. The molecule has 0 bridgehead atoms. The van der Waals surface area contributed by atoms with Crippen molar-refractivity contribution in [3.63, 3.8) is 0 Å². The number of amides is 1. The van der Waals surface area contributed by atoms with Crippen LogP contribution in [0, 0.1) is 5.92 Å². The monoisotopic (exact) mass is 569 g/mol. The van der Waals surface area contributed by atoms with Gasteiger partial charge in [-0.3, -0.25) is 4.68 Å². The van der Waals surface area contributed by atoms with Gasteiger partial charge in [-0.1, -0.05) is 23.8 Å².